The van der Waals surface area contributed by atoms with Gasteiger partial charge >= 0.3 is 0 Å². The highest BCUT2D eigenvalue weighted by Crippen LogP contribution is 2.47. The van der Waals surface area contributed by atoms with E-state index in [1.807, 2.05) is 24.3 Å². The summed E-state index contributed by atoms with van der Waals surface area (Å²) in [4.78, 5) is 38.1. The Balaban J connectivity index is 1.43. The summed E-state index contributed by atoms with van der Waals surface area (Å²) in [5.41, 5.74) is 1.88. The van der Waals surface area contributed by atoms with Gasteiger partial charge in [0.25, 0.3) is 11.6 Å². The Morgan fingerprint density at radius 3 is 2.55 bits per heavy atom. The zero-order valence-corrected chi connectivity index (χ0v) is 18.0. The van der Waals surface area contributed by atoms with E-state index in [-0.39, 0.29) is 22.9 Å². The second-order valence-electron chi connectivity index (χ2n) is 8.42. The van der Waals surface area contributed by atoms with E-state index in [1.165, 1.54) is 18.2 Å². The molecule has 2 aromatic carbocycles. The summed E-state index contributed by atoms with van der Waals surface area (Å²) in [5, 5.41) is 14.8. The van der Waals surface area contributed by atoms with Crippen molar-refractivity contribution in [1.82, 2.24) is 10.2 Å². The minimum absolute atomic E-state index is 0.0239. The van der Waals surface area contributed by atoms with Gasteiger partial charge in [0.05, 0.1) is 4.92 Å². The molecular weight excluding hydrogens is 418 g/mol. The van der Waals surface area contributed by atoms with E-state index in [0.29, 0.717) is 35.7 Å². The predicted octanol–water partition coefficient (Wildman–Crippen LogP) is 4.01. The lowest BCUT2D eigenvalue weighted by Gasteiger charge is -2.25. The molecule has 7 nitrogen and oxygen atoms in total. The molecule has 31 heavy (non-hydrogen) atoms. The molecule has 2 aliphatic rings. The standard InChI is InChI=1S/C23H24ClN3O4/c1-15-13-16(4-9-19(15)27(30)31)22(29)26-12-2-3-20(26)21(28)25-14-23(10-11-23)17-5-7-18(24)8-6-17/h4-9,13,20H,2-3,10-12,14H2,1H3,(H,25,28). The average molecular weight is 442 g/mol. The second kappa shape index (κ2) is 8.30. The molecule has 0 bridgehead atoms. The Morgan fingerprint density at radius 2 is 1.94 bits per heavy atom. The van der Waals surface area contributed by atoms with Gasteiger partial charge in [0.1, 0.15) is 6.04 Å². The number of benzene rings is 2. The lowest BCUT2D eigenvalue weighted by atomic mass is 9.96. The van der Waals surface area contributed by atoms with E-state index in [1.54, 1.807) is 11.8 Å². The van der Waals surface area contributed by atoms with Gasteiger partial charge in [-0.3, -0.25) is 19.7 Å². The van der Waals surface area contributed by atoms with E-state index in [9.17, 15) is 19.7 Å². The largest absolute Gasteiger partial charge is 0.353 e. The molecule has 0 aromatic heterocycles. The molecule has 0 radical (unpaired) electrons. The average Bonchev–Trinajstić information content (AvgIpc) is 3.38. The molecule has 0 spiro atoms. The molecule has 1 atom stereocenters. The predicted molar refractivity (Wildman–Crippen MR) is 117 cm³/mol. The van der Waals surface area contributed by atoms with Crippen LogP contribution in [-0.4, -0.2) is 40.8 Å². The van der Waals surface area contributed by atoms with E-state index < -0.39 is 11.0 Å². The number of aryl methyl sites for hydroxylation is 1. The molecule has 1 aliphatic carbocycles. The molecule has 4 rings (SSSR count). The molecule has 1 saturated carbocycles. The van der Waals surface area contributed by atoms with Crippen molar-refractivity contribution in [3.63, 3.8) is 0 Å². The van der Waals surface area contributed by atoms with Gasteiger partial charge in [-0.25, -0.2) is 0 Å². The molecule has 1 heterocycles. The fourth-order valence-corrected chi connectivity index (χ4v) is 4.46. The van der Waals surface area contributed by atoms with Crippen molar-refractivity contribution < 1.29 is 14.5 Å². The van der Waals surface area contributed by atoms with Crippen LogP contribution in [-0.2, 0) is 10.2 Å². The van der Waals surface area contributed by atoms with Crippen molar-refractivity contribution >= 4 is 29.1 Å². The summed E-state index contributed by atoms with van der Waals surface area (Å²) < 4.78 is 0. The van der Waals surface area contributed by atoms with Crippen molar-refractivity contribution in [1.29, 1.82) is 0 Å². The highest BCUT2D eigenvalue weighted by molar-refractivity contribution is 6.30. The maximum atomic E-state index is 13.0. The number of nitrogens with one attached hydrogen (secondary N) is 1. The highest BCUT2D eigenvalue weighted by atomic mass is 35.5. The summed E-state index contributed by atoms with van der Waals surface area (Å²) in [6.07, 6.45) is 3.37. The zero-order chi connectivity index (χ0) is 22.2. The number of halogens is 1. The fourth-order valence-electron chi connectivity index (χ4n) is 4.34. The van der Waals surface area contributed by atoms with Crippen LogP contribution in [0.3, 0.4) is 0 Å². The monoisotopic (exact) mass is 441 g/mol. The molecule has 1 unspecified atom stereocenters. The smallest absolute Gasteiger partial charge is 0.272 e. The van der Waals surface area contributed by atoms with Crippen LogP contribution in [0.4, 0.5) is 5.69 Å². The van der Waals surface area contributed by atoms with Crippen molar-refractivity contribution in [3.05, 3.63) is 74.3 Å². The van der Waals surface area contributed by atoms with Crippen molar-refractivity contribution in [3.8, 4) is 0 Å². The second-order valence-corrected chi connectivity index (χ2v) is 8.86. The number of nitro benzene ring substituents is 1. The van der Waals surface area contributed by atoms with E-state index in [4.69, 9.17) is 11.6 Å². The Labute approximate surface area is 185 Å². The lowest BCUT2D eigenvalue weighted by Crippen LogP contribution is -2.47. The Bertz CT molecular complexity index is 1030. The zero-order valence-electron chi connectivity index (χ0n) is 17.3. The molecule has 8 heteroatoms. The number of amides is 2. The van der Waals surface area contributed by atoms with Crippen LogP contribution < -0.4 is 5.32 Å². The quantitative estimate of drug-likeness (QED) is 0.541. The first-order chi connectivity index (χ1) is 14.8. The normalized spacial score (nSPS) is 19.2. The van der Waals surface area contributed by atoms with Gasteiger partial charge < -0.3 is 10.2 Å². The molecule has 2 aromatic rings. The topological polar surface area (TPSA) is 92.6 Å². The van der Waals surface area contributed by atoms with Gasteiger partial charge in [-0.1, -0.05) is 23.7 Å². The minimum Gasteiger partial charge on any atom is -0.353 e. The van der Waals surface area contributed by atoms with E-state index in [2.05, 4.69) is 5.32 Å². The summed E-state index contributed by atoms with van der Waals surface area (Å²) in [6.45, 7) is 2.63. The third kappa shape index (κ3) is 4.28. The van der Waals surface area contributed by atoms with Gasteiger partial charge in [-0.05, 0) is 62.4 Å². The van der Waals surface area contributed by atoms with Crippen LogP contribution in [0.1, 0.15) is 47.2 Å². The van der Waals surface area contributed by atoms with Gasteiger partial charge in [0.15, 0.2) is 0 Å². The number of likely N-dealkylation sites (tertiary alicyclic amines) is 1. The number of hydrogen-bond donors (Lipinski definition) is 1. The van der Waals surface area contributed by atoms with Gasteiger partial charge in [0, 0.05) is 40.7 Å². The Morgan fingerprint density at radius 1 is 1.23 bits per heavy atom. The van der Waals surface area contributed by atoms with Crippen LogP contribution >= 0.6 is 11.6 Å². The number of carbonyl (C=O) groups is 2. The fraction of sp³-hybridized carbons (Fsp3) is 0.391. The van der Waals surface area contributed by atoms with Gasteiger partial charge in [0.2, 0.25) is 5.91 Å². The number of hydrogen-bond acceptors (Lipinski definition) is 4. The van der Waals surface area contributed by atoms with Gasteiger partial charge in [-0.2, -0.15) is 0 Å². The first-order valence-electron chi connectivity index (χ1n) is 10.4. The van der Waals surface area contributed by atoms with Crippen LogP contribution in [0, 0.1) is 17.0 Å². The molecular formula is C23H24ClN3O4. The summed E-state index contributed by atoms with van der Waals surface area (Å²) in [5.74, 6) is -0.417. The molecule has 2 fully saturated rings. The maximum absolute atomic E-state index is 13.0. The number of nitrogens with zero attached hydrogens (tertiary/aromatic N) is 2. The van der Waals surface area contributed by atoms with Crippen LogP contribution in [0.5, 0.6) is 0 Å². The van der Waals surface area contributed by atoms with Crippen molar-refractivity contribution in [2.75, 3.05) is 13.1 Å². The molecule has 2 amide bonds. The summed E-state index contributed by atoms with van der Waals surface area (Å²) in [6, 6.07) is 11.5. The van der Waals surface area contributed by atoms with Crippen molar-refractivity contribution in [2.24, 2.45) is 0 Å². The Hall–Kier alpha value is -2.93. The number of rotatable bonds is 6. The summed E-state index contributed by atoms with van der Waals surface area (Å²) in [7, 11) is 0. The van der Waals surface area contributed by atoms with E-state index in [0.717, 1.165) is 24.8 Å². The maximum Gasteiger partial charge on any atom is 0.272 e. The highest BCUT2D eigenvalue weighted by Gasteiger charge is 2.45. The minimum atomic E-state index is -0.524. The lowest BCUT2D eigenvalue weighted by molar-refractivity contribution is -0.385. The first-order valence-corrected chi connectivity index (χ1v) is 10.8. The van der Waals surface area contributed by atoms with Crippen molar-refractivity contribution in [2.45, 2.75) is 44.1 Å². The number of nitro groups is 1. The molecule has 1 saturated heterocycles. The van der Waals surface area contributed by atoms with Crippen LogP contribution in [0.2, 0.25) is 5.02 Å². The third-order valence-corrected chi connectivity index (χ3v) is 6.62. The molecule has 162 valence electrons. The number of carbonyl (C=O) groups excluding carboxylic acids is 2. The van der Waals surface area contributed by atoms with Crippen LogP contribution in [0.25, 0.3) is 0 Å². The Kier molecular flexibility index (Phi) is 5.71. The van der Waals surface area contributed by atoms with Gasteiger partial charge in [-0.15, -0.1) is 0 Å². The van der Waals surface area contributed by atoms with E-state index >= 15 is 0 Å². The SMILES string of the molecule is Cc1cc(C(=O)N2CCCC2C(=O)NCC2(c3ccc(Cl)cc3)CC2)ccc1[N+](=O)[O-]. The van der Waals surface area contributed by atoms with Crippen LogP contribution in [0.15, 0.2) is 42.5 Å². The third-order valence-electron chi connectivity index (χ3n) is 6.37. The summed E-state index contributed by atoms with van der Waals surface area (Å²) >= 11 is 5.99. The molecule has 1 N–H and O–H groups in total. The molecule has 1 aliphatic heterocycles. The first kappa shape index (κ1) is 21.3.